The smallest absolute Gasteiger partial charge is 0.142 e. The highest BCUT2D eigenvalue weighted by Crippen LogP contribution is 2.28. The van der Waals surface area contributed by atoms with Crippen molar-refractivity contribution < 1.29 is 4.74 Å². The molecule has 1 aromatic heterocycles. The third-order valence-electron chi connectivity index (χ3n) is 3.97. The van der Waals surface area contributed by atoms with Gasteiger partial charge in [0.05, 0.1) is 6.61 Å². The summed E-state index contributed by atoms with van der Waals surface area (Å²) in [5.41, 5.74) is 8.84. The summed E-state index contributed by atoms with van der Waals surface area (Å²) in [6, 6.07) is 11.8. The number of rotatable bonds is 8. The molecule has 0 aliphatic carbocycles. The van der Waals surface area contributed by atoms with Crippen molar-refractivity contribution >= 4 is 5.82 Å². The fourth-order valence-corrected chi connectivity index (χ4v) is 2.67. The molecule has 0 unspecified atom stereocenters. The standard InChI is InChI=1S/C20H25N3O/c1-3-4-5-6-7-12-24-17-10-8-16(9-11-17)18-13-15(2)23-20(22)19(18)14-21/h8-11,13H,3-7,12H2,1-2H3,(H2,22,23). The molecule has 0 atom stereocenters. The Kier molecular flexibility index (Phi) is 6.62. The van der Waals surface area contributed by atoms with E-state index >= 15 is 0 Å². The SMILES string of the molecule is CCCCCCCOc1ccc(-c2cc(C)nc(N)c2C#N)cc1. The van der Waals surface area contributed by atoms with Crippen LogP contribution in [0.5, 0.6) is 5.75 Å². The number of benzene rings is 1. The van der Waals surface area contributed by atoms with Crippen molar-refractivity contribution in [1.29, 1.82) is 5.26 Å². The average Bonchev–Trinajstić information content (AvgIpc) is 2.58. The highest BCUT2D eigenvalue weighted by Gasteiger charge is 2.10. The van der Waals surface area contributed by atoms with Crippen molar-refractivity contribution in [2.24, 2.45) is 0 Å². The molecular formula is C20H25N3O. The van der Waals surface area contributed by atoms with Gasteiger partial charge in [0.1, 0.15) is 23.2 Å². The van der Waals surface area contributed by atoms with Crippen LogP contribution >= 0.6 is 0 Å². The molecule has 0 saturated heterocycles. The van der Waals surface area contributed by atoms with Gasteiger partial charge in [-0.05, 0) is 37.1 Å². The molecule has 0 amide bonds. The van der Waals surface area contributed by atoms with Crippen molar-refractivity contribution in [3.8, 4) is 22.9 Å². The van der Waals surface area contributed by atoms with Crippen molar-refractivity contribution in [3.05, 3.63) is 41.6 Å². The number of anilines is 1. The number of aromatic nitrogens is 1. The van der Waals surface area contributed by atoms with Gasteiger partial charge in [0.2, 0.25) is 0 Å². The molecule has 0 aliphatic rings. The zero-order chi connectivity index (χ0) is 17.4. The first-order valence-corrected chi connectivity index (χ1v) is 8.56. The Balaban J connectivity index is 2.01. The summed E-state index contributed by atoms with van der Waals surface area (Å²) in [6.07, 6.45) is 6.13. The zero-order valence-electron chi connectivity index (χ0n) is 14.5. The van der Waals surface area contributed by atoms with Gasteiger partial charge in [-0.2, -0.15) is 5.26 Å². The molecule has 2 aromatic rings. The predicted molar refractivity (Wildman–Crippen MR) is 97.8 cm³/mol. The number of aryl methyl sites for hydroxylation is 1. The molecule has 4 heteroatoms. The van der Waals surface area contributed by atoms with E-state index in [9.17, 15) is 5.26 Å². The maximum Gasteiger partial charge on any atom is 0.142 e. The van der Waals surface area contributed by atoms with Crippen LogP contribution in [0.1, 0.15) is 50.3 Å². The minimum Gasteiger partial charge on any atom is -0.494 e. The number of hydrogen-bond acceptors (Lipinski definition) is 4. The first kappa shape index (κ1) is 17.8. The molecular weight excluding hydrogens is 298 g/mol. The van der Waals surface area contributed by atoms with E-state index in [-0.39, 0.29) is 5.82 Å². The largest absolute Gasteiger partial charge is 0.494 e. The summed E-state index contributed by atoms with van der Waals surface area (Å²) in [5, 5.41) is 9.32. The third-order valence-corrected chi connectivity index (χ3v) is 3.97. The van der Waals surface area contributed by atoms with Gasteiger partial charge in [-0.3, -0.25) is 0 Å². The Bertz CT molecular complexity index is 702. The lowest BCUT2D eigenvalue weighted by Crippen LogP contribution is -2.00. The molecule has 24 heavy (non-hydrogen) atoms. The number of nitrogens with zero attached hydrogens (tertiary/aromatic N) is 2. The van der Waals surface area contributed by atoms with Crippen LogP contribution in [-0.2, 0) is 0 Å². The molecule has 0 saturated carbocycles. The molecule has 0 spiro atoms. The Hall–Kier alpha value is -2.54. The quantitative estimate of drug-likeness (QED) is 0.704. The van der Waals surface area contributed by atoms with Crippen molar-refractivity contribution in [2.75, 3.05) is 12.3 Å². The van der Waals surface area contributed by atoms with Gasteiger partial charge in [-0.25, -0.2) is 4.98 Å². The van der Waals surface area contributed by atoms with E-state index in [4.69, 9.17) is 10.5 Å². The van der Waals surface area contributed by atoms with Crippen LogP contribution in [0.15, 0.2) is 30.3 Å². The number of hydrogen-bond donors (Lipinski definition) is 1. The lowest BCUT2D eigenvalue weighted by molar-refractivity contribution is 0.304. The lowest BCUT2D eigenvalue weighted by Gasteiger charge is -2.10. The van der Waals surface area contributed by atoms with Gasteiger partial charge in [0, 0.05) is 11.3 Å². The van der Waals surface area contributed by atoms with E-state index in [0.717, 1.165) is 35.6 Å². The highest BCUT2D eigenvalue weighted by molar-refractivity contribution is 5.75. The van der Waals surface area contributed by atoms with Crippen LogP contribution in [0, 0.1) is 18.3 Å². The molecule has 126 valence electrons. The van der Waals surface area contributed by atoms with Crippen LogP contribution < -0.4 is 10.5 Å². The monoisotopic (exact) mass is 323 g/mol. The summed E-state index contributed by atoms with van der Waals surface area (Å²) in [5.74, 6) is 1.13. The summed E-state index contributed by atoms with van der Waals surface area (Å²) in [7, 11) is 0. The average molecular weight is 323 g/mol. The Labute approximate surface area is 144 Å². The number of nitriles is 1. The Morgan fingerprint density at radius 3 is 2.50 bits per heavy atom. The van der Waals surface area contributed by atoms with E-state index in [2.05, 4.69) is 18.0 Å². The molecule has 4 nitrogen and oxygen atoms in total. The number of pyridine rings is 1. The van der Waals surface area contributed by atoms with E-state index in [1.807, 2.05) is 37.3 Å². The van der Waals surface area contributed by atoms with Gasteiger partial charge >= 0.3 is 0 Å². The maximum absolute atomic E-state index is 9.32. The third kappa shape index (κ3) is 4.73. The molecule has 0 bridgehead atoms. The highest BCUT2D eigenvalue weighted by atomic mass is 16.5. The second kappa shape index (κ2) is 8.93. The first-order valence-electron chi connectivity index (χ1n) is 8.56. The van der Waals surface area contributed by atoms with E-state index in [1.165, 1.54) is 25.7 Å². The van der Waals surface area contributed by atoms with Crippen molar-refractivity contribution in [2.45, 2.75) is 46.0 Å². The molecule has 0 fully saturated rings. The maximum atomic E-state index is 9.32. The summed E-state index contributed by atoms with van der Waals surface area (Å²) in [6.45, 7) is 4.83. The predicted octanol–water partition coefficient (Wildman–Crippen LogP) is 4.86. The summed E-state index contributed by atoms with van der Waals surface area (Å²) < 4.78 is 5.78. The molecule has 0 aliphatic heterocycles. The lowest BCUT2D eigenvalue weighted by atomic mass is 10.0. The van der Waals surface area contributed by atoms with Crippen molar-refractivity contribution in [3.63, 3.8) is 0 Å². The van der Waals surface area contributed by atoms with E-state index in [1.54, 1.807) is 0 Å². The van der Waals surface area contributed by atoms with Crippen LogP contribution in [0.2, 0.25) is 0 Å². The van der Waals surface area contributed by atoms with Gasteiger partial charge in [0.15, 0.2) is 0 Å². The van der Waals surface area contributed by atoms with Gasteiger partial charge in [-0.1, -0.05) is 44.7 Å². The van der Waals surface area contributed by atoms with Gasteiger partial charge < -0.3 is 10.5 Å². The number of ether oxygens (including phenoxy) is 1. The second-order valence-electron chi connectivity index (χ2n) is 5.97. The number of unbranched alkanes of at least 4 members (excludes halogenated alkanes) is 4. The Morgan fingerprint density at radius 2 is 1.83 bits per heavy atom. The molecule has 2 rings (SSSR count). The molecule has 1 aromatic carbocycles. The Morgan fingerprint density at radius 1 is 1.12 bits per heavy atom. The molecule has 0 radical (unpaired) electrons. The number of nitrogens with two attached hydrogens (primary N) is 1. The number of nitrogen functional groups attached to an aromatic ring is 1. The summed E-state index contributed by atoms with van der Waals surface area (Å²) in [4.78, 5) is 4.15. The summed E-state index contributed by atoms with van der Waals surface area (Å²) >= 11 is 0. The van der Waals surface area contributed by atoms with Crippen LogP contribution in [-0.4, -0.2) is 11.6 Å². The van der Waals surface area contributed by atoms with Crippen molar-refractivity contribution in [1.82, 2.24) is 4.98 Å². The molecule has 2 N–H and O–H groups in total. The van der Waals surface area contributed by atoms with Crippen LogP contribution in [0.3, 0.4) is 0 Å². The minimum atomic E-state index is 0.278. The fraction of sp³-hybridized carbons (Fsp3) is 0.400. The molecule has 1 heterocycles. The van der Waals surface area contributed by atoms with Gasteiger partial charge in [0.25, 0.3) is 0 Å². The zero-order valence-corrected chi connectivity index (χ0v) is 14.5. The minimum absolute atomic E-state index is 0.278. The first-order chi connectivity index (χ1) is 11.7. The topological polar surface area (TPSA) is 71.9 Å². The second-order valence-corrected chi connectivity index (χ2v) is 5.97. The fourth-order valence-electron chi connectivity index (χ4n) is 2.67. The normalized spacial score (nSPS) is 10.4. The van der Waals surface area contributed by atoms with Crippen LogP contribution in [0.25, 0.3) is 11.1 Å². The van der Waals surface area contributed by atoms with E-state index < -0.39 is 0 Å². The van der Waals surface area contributed by atoms with Crippen LogP contribution in [0.4, 0.5) is 5.82 Å². The van der Waals surface area contributed by atoms with E-state index in [0.29, 0.717) is 5.56 Å². The van der Waals surface area contributed by atoms with Gasteiger partial charge in [-0.15, -0.1) is 0 Å².